The van der Waals surface area contributed by atoms with Gasteiger partial charge in [-0.25, -0.2) is 13.2 Å². The first-order valence-electron chi connectivity index (χ1n) is 5.77. The molecule has 0 spiro atoms. The van der Waals surface area contributed by atoms with E-state index in [4.69, 9.17) is 0 Å². The molecule has 0 aliphatic carbocycles. The van der Waals surface area contributed by atoms with E-state index in [0.29, 0.717) is 0 Å². The Morgan fingerprint density at radius 3 is 2.55 bits per heavy atom. The molecular formula is C13H14N2O4S. The van der Waals surface area contributed by atoms with Gasteiger partial charge in [0.1, 0.15) is 4.90 Å². The summed E-state index contributed by atoms with van der Waals surface area (Å²) >= 11 is 0. The quantitative estimate of drug-likeness (QED) is 0.869. The highest BCUT2D eigenvalue weighted by molar-refractivity contribution is 7.92. The number of esters is 1. The maximum atomic E-state index is 12.4. The number of carbonyl (C=O) groups is 1. The number of methoxy groups -OCH3 is 1. The molecule has 7 heteroatoms. The topological polar surface area (TPSA) is 79.5 Å². The molecule has 1 heterocycles. The normalized spacial score (nSPS) is 11.1. The highest BCUT2D eigenvalue weighted by atomic mass is 32.2. The number of aromatic amines is 1. The lowest BCUT2D eigenvalue weighted by Crippen LogP contribution is -2.28. The summed E-state index contributed by atoms with van der Waals surface area (Å²) in [6, 6.07) is 7.82. The van der Waals surface area contributed by atoms with Gasteiger partial charge < -0.3 is 9.72 Å². The Bertz CT molecular complexity index is 708. The molecule has 1 N–H and O–H groups in total. The van der Waals surface area contributed by atoms with Crippen LogP contribution in [-0.4, -0.2) is 33.5 Å². The molecule has 0 fully saturated rings. The number of para-hydroxylation sites is 1. The fourth-order valence-electron chi connectivity index (χ4n) is 1.79. The van der Waals surface area contributed by atoms with Crippen molar-refractivity contribution in [2.75, 3.05) is 18.5 Å². The molecule has 0 unspecified atom stereocenters. The molecule has 0 saturated carbocycles. The predicted octanol–water partition coefficient (Wildman–Crippen LogP) is 1.63. The molecule has 1 aromatic heterocycles. The van der Waals surface area contributed by atoms with Crippen molar-refractivity contribution in [2.45, 2.75) is 4.90 Å². The van der Waals surface area contributed by atoms with Crippen molar-refractivity contribution in [2.24, 2.45) is 0 Å². The van der Waals surface area contributed by atoms with E-state index in [-0.39, 0.29) is 16.1 Å². The number of carbonyl (C=O) groups excluding carboxylic acids is 1. The Hall–Kier alpha value is -2.28. The van der Waals surface area contributed by atoms with E-state index in [2.05, 4.69) is 9.72 Å². The maximum absolute atomic E-state index is 12.4. The number of hydrogen-bond donors (Lipinski definition) is 1. The summed E-state index contributed by atoms with van der Waals surface area (Å²) in [6.45, 7) is 0. The summed E-state index contributed by atoms with van der Waals surface area (Å²) in [6.07, 6.45) is 2.90. The summed E-state index contributed by atoms with van der Waals surface area (Å²) in [5.41, 5.74) is 0.456. The van der Waals surface area contributed by atoms with Gasteiger partial charge in [-0.3, -0.25) is 4.31 Å². The first-order valence-corrected chi connectivity index (χ1v) is 7.21. The van der Waals surface area contributed by atoms with Gasteiger partial charge in [-0.05, 0) is 18.2 Å². The molecule has 0 aliphatic heterocycles. The molecule has 6 nitrogen and oxygen atoms in total. The number of benzene rings is 1. The Balaban J connectivity index is 2.50. The molecule has 2 aromatic rings. The van der Waals surface area contributed by atoms with Crippen molar-refractivity contribution >= 4 is 21.7 Å². The lowest BCUT2D eigenvalue weighted by atomic mass is 10.2. The summed E-state index contributed by atoms with van der Waals surface area (Å²) in [7, 11) is -1.08. The molecule has 1 aromatic carbocycles. The summed E-state index contributed by atoms with van der Waals surface area (Å²) in [5, 5.41) is 0. The van der Waals surface area contributed by atoms with Crippen LogP contribution in [-0.2, 0) is 14.8 Å². The summed E-state index contributed by atoms with van der Waals surface area (Å²) in [4.78, 5) is 14.5. The fraction of sp³-hybridized carbons (Fsp3) is 0.154. The standard InChI is InChI=1S/C13H14N2O4S/c1-15(20(17,18)10-7-8-14-9-10)12-6-4-3-5-11(12)13(16)19-2/h3-9,14H,1-2H3. The first kappa shape index (κ1) is 14.1. The molecule has 2 rings (SSSR count). The molecule has 0 atom stereocenters. The highest BCUT2D eigenvalue weighted by Gasteiger charge is 2.25. The zero-order chi connectivity index (χ0) is 14.8. The average molecular weight is 294 g/mol. The molecule has 0 saturated heterocycles. The van der Waals surface area contributed by atoms with Crippen molar-refractivity contribution in [1.29, 1.82) is 0 Å². The summed E-state index contributed by atoms with van der Waals surface area (Å²) in [5.74, 6) is -0.586. The van der Waals surface area contributed by atoms with Gasteiger partial charge in [0.2, 0.25) is 0 Å². The fourth-order valence-corrected chi connectivity index (χ4v) is 2.98. The van der Waals surface area contributed by atoms with E-state index in [1.807, 2.05) is 0 Å². The van der Waals surface area contributed by atoms with Gasteiger partial charge in [0.25, 0.3) is 10.0 Å². The number of H-pyrrole nitrogens is 1. The Labute approximate surface area is 117 Å². The lowest BCUT2D eigenvalue weighted by molar-refractivity contribution is 0.0601. The zero-order valence-corrected chi connectivity index (χ0v) is 11.8. The number of sulfonamides is 1. The van der Waals surface area contributed by atoms with Gasteiger partial charge in [-0.2, -0.15) is 0 Å². The minimum atomic E-state index is -3.72. The van der Waals surface area contributed by atoms with Crippen LogP contribution in [0.3, 0.4) is 0 Å². The molecule has 106 valence electrons. The van der Waals surface area contributed by atoms with Crippen molar-refractivity contribution in [3.63, 3.8) is 0 Å². The van der Waals surface area contributed by atoms with Crippen LogP contribution >= 0.6 is 0 Å². The van der Waals surface area contributed by atoms with Crippen molar-refractivity contribution in [3.05, 3.63) is 48.3 Å². The van der Waals surface area contributed by atoms with Gasteiger partial charge in [0.05, 0.1) is 18.4 Å². The van der Waals surface area contributed by atoms with Crippen LogP contribution in [0, 0.1) is 0 Å². The maximum Gasteiger partial charge on any atom is 0.340 e. The highest BCUT2D eigenvalue weighted by Crippen LogP contribution is 2.25. The van der Waals surface area contributed by atoms with Gasteiger partial charge in [0, 0.05) is 19.4 Å². The Morgan fingerprint density at radius 1 is 1.25 bits per heavy atom. The van der Waals surface area contributed by atoms with Gasteiger partial charge >= 0.3 is 5.97 Å². The molecule has 0 radical (unpaired) electrons. The monoisotopic (exact) mass is 294 g/mol. The summed E-state index contributed by atoms with van der Waals surface area (Å²) < 4.78 is 30.5. The van der Waals surface area contributed by atoms with E-state index < -0.39 is 16.0 Å². The Kier molecular flexibility index (Phi) is 3.80. The lowest BCUT2D eigenvalue weighted by Gasteiger charge is -2.20. The van der Waals surface area contributed by atoms with Gasteiger partial charge in [-0.1, -0.05) is 12.1 Å². The van der Waals surface area contributed by atoms with Crippen molar-refractivity contribution in [3.8, 4) is 0 Å². The van der Waals surface area contributed by atoms with E-state index in [9.17, 15) is 13.2 Å². The van der Waals surface area contributed by atoms with E-state index in [1.165, 1.54) is 38.7 Å². The third kappa shape index (κ3) is 2.39. The van der Waals surface area contributed by atoms with Crippen molar-refractivity contribution < 1.29 is 17.9 Å². The zero-order valence-electron chi connectivity index (χ0n) is 11.0. The largest absolute Gasteiger partial charge is 0.465 e. The van der Waals surface area contributed by atoms with E-state index in [0.717, 1.165) is 4.31 Å². The smallest absolute Gasteiger partial charge is 0.340 e. The van der Waals surface area contributed by atoms with Crippen LogP contribution in [0.5, 0.6) is 0 Å². The number of nitrogens with zero attached hydrogens (tertiary/aromatic N) is 1. The van der Waals surface area contributed by atoms with Crippen molar-refractivity contribution in [1.82, 2.24) is 4.98 Å². The second-order valence-electron chi connectivity index (χ2n) is 4.03. The minimum Gasteiger partial charge on any atom is -0.465 e. The number of rotatable bonds is 4. The number of aromatic nitrogens is 1. The molecule has 0 amide bonds. The predicted molar refractivity (Wildman–Crippen MR) is 74.2 cm³/mol. The number of hydrogen-bond acceptors (Lipinski definition) is 4. The van der Waals surface area contributed by atoms with Crippen LogP contribution in [0.2, 0.25) is 0 Å². The molecule has 20 heavy (non-hydrogen) atoms. The van der Waals surface area contributed by atoms with Crippen LogP contribution < -0.4 is 4.31 Å². The third-order valence-corrected chi connectivity index (χ3v) is 4.64. The number of anilines is 1. The van der Waals surface area contributed by atoms with Crippen LogP contribution in [0.25, 0.3) is 0 Å². The van der Waals surface area contributed by atoms with Crippen LogP contribution in [0.4, 0.5) is 5.69 Å². The second kappa shape index (κ2) is 5.38. The molecule has 0 aliphatic rings. The van der Waals surface area contributed by atoms with Crippen LogP contribution in [0.1, 0.15) is 10.4 Å². The second-order valence-corrected chi connectivity index (χ2v) is 6.00. The SMILES string of the molecule is COC(=O)c1ccccc1N(C)S(=O)(=O)c1cc[nH]c1. The number of nitrogens with one attached hydrogen (secondary N) is 1. The Morgan fingerprint density at radius 2 is 1.95 bits per heavy atom. The van der Waals surface area contributed by atoms with Gasteiger partial charge in [-0.15, -0.1) is 0 Å². The van der Waals surface area contributed by atoms with Gasteiger partial charge in [0.15, 0.2) is 0 Å². The van der Waals surface area contributed by atoms with E-state index in [1.54, 1.807) is 18.2 Å². The first-order chi connectivity index (χ1) is 9.48. The number of ether oxygens (including phenoxy) is 1. The molecular weight excluding hydrogens is 280 g/mol. The van der Waals surface area contributed by atoms with Crippen LogP contribution in [0.15, 0.2) is 47.6 Å². The average Bonchev–Trinajstić information content (AvgIpc) is 3.00. The third-order valence-electron chi connectivity index (χ3n) is 2.88. The minimum absolute atomic E-state index is 0.125. The molecule has 0 bridgehead atoms. The van der Waals surface area contributed by atoms with E-state index >= 15 is 0 Å².